The first-order chi connectivity index (χ1) is 22.2. The fourth-order valence-corrected chi connectivity index (χ4v) is 9.75. The largest absolute Gasteiger partial charge is 3.00 e. The second-order valence-corrected chi connectivity index (χ2v) is 21.4. The van der Waals surface area contributed by atoms with Crippen LogP contribution in [0.3, 0.4) is 0 Å². The Morgan fingerprint density at radius 2 is 0.469 bits per heavy atom. The molecule has 0 unspecified atom stereocenters. The third-order valence-corrected chi connectivity index (χ3v) is 10.9. The molecule has 0 atom stereocenters. The van der Waals surface area contributed by atoms with Gasteiger partial charge in [-0.15, -0.1) is 77.7 Å². The van der Waals surface area contributed by atoms with Gasteiger partial charge in [0.2, 0.25) is 0 Å². The van der Waals surface area contributed by atoms with Crippen LogP contribution in [0.5, 0.6) is 0 Å². The fraction of sp³-hybridized carbons (Fsp3) is 0.273. The molecule has 6 rings (SSSR count). The molecule has 0 fully saturated rings. The van der Waals surface area contributed by atoms with Crippen molar-refractivity contribution in [2.45, 2.75) is 80.8 Å². The molecule has 0 aromatic heterocycles. The van der Waals surface area contributed by atoms with Crippen LogP contribution in [0.1, 0.15) is 41.5 Å². The van der Waals surface area contributed by atoms with E-state index in [1.807, 2.05) is 0 Å². The van der Waals surface area contributed by atoms with Crippen LogP contribution in [-0.4, -0.2) is 50.9 Å². The maximum Gasteiger partial charge on any atom is 3.00 e. The number of fused-ring (bicyclic) bond motifs is 6. The van der Waals surface area contributed by atoms with E-state index in [4.69, 9.17) is 0 Å². The summed E-state index contributed by atoms with van der Waals surface area (Å²) >= 11 is 0. The Morgan fingerprint density at radius 1 is 0.327 bits per heavy atom. The van der Waals surface area contributed by atoms with Gasteiger partial charge in [-0.3, -0.25) is 0 Å². The summed E-state index contributed by atoms with van der Waals surface area (Å²) in [7, 11) is -2.62. The number of hydrogen-bond donors (Lipinski definition) is 0. The van der Waals surface area contributed by atoms with Gasteiger partial charge in [0.05, 0.1) is 0 Å². The van der Waals surface area contributed by atoms with Gasteiger partial charge in [0.15, 0.2) is 0 Å². The molecular weight excluding hydrogens is 789 g/mol. The van der Waals surface area contributed by atoms with Gasteiger partial charge < -0.3 is 41.5 Å². The summed E-state index contributed by atoms with van der Waals surface area (Å²) in [5, 5.41) is 14.8. The van der Waals surface area contributed by atoms with Crippen LogP contribution in [0.15, 0.2) is 97.1 Å². The Hall–Kier alpha value is -0.544. The van der Waals surface area contributed by atoms with Crippen molar-refractivity contribution in [3.8, 4) is 0 Å². The molecule has 0 aliphatic rings. The smallest absolute Gasteiger partial charge is 0.346 e. The Balaban J connectivity index is -0.000000193. The Morgan fingerprint density at radius 3 is 0.612 bits per heavy atom. The predicted molar refractivity (Wildman–Crippen MR) is 238 cm³/mol. The monoisotopic (exact) mass is 854 g/mol. The second-order valence-electron chi connectivity index (χ2n) is 11.4. The number of benzene rings is 4. The van der Waals surface area contributed by atoms with Crippen LogP contribution in [0.4, 0.5) is 0 Å². The van der Waals surface area contributed by atoms with Crippen LogP contribution < -0.4 is 10.4 Å². The van der Waals surface area contributed by atoms with E-state index in [1.54, 1.807) is 51.9 Å². The zero-order chi connectivity index (χ0) is 36.1. The Kier molecular flexibility index (Phi) is 36.6. The van der Waals surface area contributed by atoms with Crippen molar-refractivity contribution in [1.29, 1.82) is 0 Å². The molecule has 0 nitrogen and oxygen atoms in total. The summed E-state index contributed by atoms with van der Waals surface area (Å²) in [6, 6.07) is 35.3. The molecule has 0 spiro atoms. The molecule has 6 aromatic carbocycles. The molecule has 0 aliphatic carbocycles. The van der Waals surface area contributed by atoms with Crippen molar-refractivity contribution in [1.82, 2.24) is 0 Å². The third kappa shape index (κ3) is 15.5. The molecule has 0 saturated heterocycles. The predicted octanol–water partition coefficient (Wildman–Crippen LogP) is 12.8. The van der Waals surface area contributed by atoms with E-state index in [-0.39, 0.29) is 75.1 Å². The fourth-order valence-electron chi connectivity index (χ4n) is 5.65. The topological polar surface area (TPSA) is 0 Å². The summed E-state index contributed by atoms with van der Waals surface area (Å²) in [6.07, 6.45) is 0. The normalized spacial score (nSPS) is 9.35. The summed E-state index contributed by atoms with van der Waals surface area (Å²) in [4.78, 5) is 0. The van der Waals surface area contributed by atoms with Crippen LogP contribution in [-0.2, 0) is 0 Å². The average Bonchev–Trinajstić information content (AvgIpc) is 3.64. The second kappa shape index (κ2) is 31.0. The molecule has 5 heteroatoms. The first kappa shape index (κ1) is 57.8. The van der Waals surface area contributed by atoms with Crippen molar-refractivity contribution in [2.24, 2.45) is 0 Å². The first-order valence-corrected chi connectivity index (χ1v) is 23.6. The standard InChI is InChI=1S/2C16H17Si.6C2H5.2Al.Sm/c2*1-17(2,3)16-14-10-6-4-8-12(14)13-9-5-7-11-15(13)16;6*1-2;;;/h2*4-11H,1-3H3;6*1H2,2H3;;;/q8*-1;2*+3;. The first-order valence-electron chi connectivity index (χ1n) is 16.6. The van der Waals surface area contributed by atoms with E-state index < -0.39 is 16.1 Å². The van der Waals surface area contributed by atoms with E-state index in [0.717, 1.165) is 0 Å². The number of rotatable bonds is 2. The number of hydrogen-bond acceptors (Lipinski definition) is 0. The van der Waals surface area contributed by atoms with Crippen molar-refractivity contribution in [2.75, 3.05) is 0 Å². The minimum Gasteiger partial charge on any atom is -0.346 e. The van der Waals surface area contributed by atoms with E-state index in [0.29, 0.717) is 0 Å². The molecular formula is C44H64Al2Si2Sm-2. The molecule has 6 aromatic rings. The maximum absolute atomic E-state index is 3.25. The van der Waals surface area contributed by atoms with Gasteiger partial charge >= 0.3 is 34.7 Å². The molecule has 0 saturated carbocycles. The molecule has 0 bridgehead atoms. The van der Waals surface area contributed by atoms with E-state index >= 15 is 0 Å². The van der Waals surface area contributed by atoms with Crippen molar-refractivity contribution >= 4 is 104 Å². The molecule has 49 heavy (non-hydrogen) atoms. The zero-order valence-corrected chi connectivity index (χ0v) is 40.0. The average molecular weight is 853 g/mol. The zero-order valence-electron chi connectivity index (χ0n) is 33.0. The van der Waals surface area contributed by atoms with Gasteiger partial charge in [0.25, 0.3) is 0 Å². The van der Waals surface area contributed by atoms with Gasteiger partial charge in [-0.1, -0.05) is 112 Å². The Bertz CT molecular complexity index is 1400. The van der Waals surface area contributed by atoms with Crippen molar-refractivity contribution in [3.05, 3.63) is 139 Å². The van der Waals surface area contributed by atoms with Gasteiger partial charge in [0, 0.05) is 56.5 Å². The summed E-state index contributed by atoms with van der Waals surface area (Å²) < 4.78 is 0. The van der Waals surface area contributed by atoms with Crippen LogP contribution in [0.25, 0.3) is 43.1 Å². The minimum atomic E-state index is -1.31. The van der Waals surface area contributed by atoms with Crippen LogP contribution in [0, 0.1) is 81.9 Å². The van der Waals surface area contributed by atoms with E-state index in [2.05, 4.69) is 178 Å². The van der Waals surface area contributed by atoms with Gasteiger partial charge in [-0.2, -0.15) is 41.5 Å². The summed E-state index contributed by atoms with van der Waals surface area (Å²) in [6.45, 7) is 44.6. The van der Waals surface area contributed by atoms with E-state index in [9.17, 15) is 0 Å². The third-order valence-electron chi connectivity index (χ3n) is 6.87. The van der Waals surface area contributed by atoms with Crippen LogP contribution in [0.2, 0.25) is 39.3 Å². The molecule has 0 aliphatic heterocycles. The van der Waals surface area contributed by atoms with E-state index in [1.165, 1.54) is 43.1 Å². The van der Waals surface area contributed by atoms with Gasteiger partial charge in [0.1, 0.15) is 0 Å². The molecule has 0 N–H and O–H groups in total. The quantitative estimate of drug-likeness (QED) is 0.120. The van der Waals surface area contributed by atoms with Crippen molar-refractivity contribution in [3.63, 3.8) is 0 Å². The SMILES string of the molecule is C[Si](C)(C)[c-]1c2ccccc2c2ccccc21.C[Si](C)(C)[c-]1c2ccccc2c2ccccc21.[Al+3].[Al+3].[CH2-]C.[CH2-]C.[CH2-]C.[CH2-]C.[CH2-]C.[CH2-]C.[Sm]. The molecule has 0 amide bonds. The Labute approximate surface area is 360 Å². The maximum atomic E-state index is 3.25. The molecule has 0 radical (unpaired) electrons. The van der Waals surface area contributed by atoms with Crippen LogP contribution >= 0.6 is 0 Å². The van der Waals surface area contributed by atoms with Gasteiger partial charge in [-0.05, 0) is 0 Å². The minimum absolute atomic E-state index is 0. The molecule has 0 heterocycles. The summed E-state index contributed by atoms with van der Waals surface area (Å²) in [5.41, 5.74) is 0. The van der Waals surface area contributed by atoms with Crippen molar-refractivity contribution < 1.29 is 40.4 Å². The van der Waals surface area contributed by atoms with Gasteiger partial charge in [-0.25, -0.2) is 0 Å². The summed E-state index contributed by atoms with van der Waals surface area (Å²) in [5.74, 6) is 0. The molecule has 262 valence electrons.